The van der Waals surface area contributed by atoms with Crippen LogP contribution in [0.25, 0.3) is 0 Å². The number of halogens is 3. The van der Waals surface area contributed by atoms with E-state index in [2.05, 4.69) is 32.8 Å². The summed E-state index contributed by atoms with van der Waals surface area (Å²) in [7, 11) is -3.92. The molecule has 54 heavy (non-hydrogen) atoms. The van der Waals surface area contributed by atoms with Crippen molar-refractivity contribution in [2.75, 3.05) is 18.8 Å². The van der Waals surface area contributed by atoms with Gasteiger partial charge in [-0.15, -0.1) is 6.58 Å². The molecule has 2 fully saturated rings. The van der Waals surface area contributed by atoms with E-state index >= 15 is 0 Å². The molecule has 4 N–H and O–H groups in total. The fourth-order valence-corrected chi connectivity index (χ4v) is 8.98. The Balaban J connectivity index is 1.92. The smallest absolute Gasteiger partial charge is 0.346 e. The van der Waals surface area contributed by atoms with Crippen molar-refractivity contribution < 1.29 is 45.6 Å². The third-order valence-corrected chi connectivity index (χ3v) is 11.9. The highest BCUT2D eigenvalue weighted by Gasteiger charge is 2.50. The molecule has 0 aromatic carbocycles. The summed E-state index contributed by atoms with van der Waals surface area (Å²) >= 11 is 0. The molecule has 2 aliphatic rings. The minimum Gasteiger partial charge on any atom is -0.346 e. The number of urea groups is 1. The van der Waals surface area contributed by atoms with Crippen molar-refractivity contribution in [1.29, 1.82) is 0 Å². The van der Waals surface area contributed by atoms with Crippen molar-refractivity contribution >= 4 is 39.4 Å². The number of Topliss-reactive ketones (excluding diaryl/α,β-unsaturated/α-hetero) is 1. The molecule has 302 valence electrons. The van der Waals surface area contributed by atoms with Crippen molar-refractivity contribution in [3.05, 3.63) is 37.1 Å². The number of likely N-dealkylation sites (tertiary alicyclic amines) is 1. The van der Waals surface area contributed by atoms with Gasteiger partial charge >= 0.3 is 12.2 Å². The quantitative estimate of drug-likeness (QED) is 0.160. The van der Waals surface area contributed by atoms with Gasteiger partial charge < -0.3 is 26.2 Å². The number of amides is 5. The van der Waals surface area contributed by atoms with Crippen LogP contribution in [0.15, 0.2) is 42.1 Å². The van der Waals surface area contributed by atoms with Crippen LogP contribution in [0, 0.1) is 16.7 Å². The Labute approximate surface area is 316 Å². The first kappa shape index (κ1) is 44.4. The van der Waals surface area contributed by atoms with Crippen LogP contribution in [-0.2, 0) is 29.0 Å². The number of rotatable bonds is 14. The Morgan fingerprint density at radius 2 is 1.67 bits per heavy atom. The molecule has 5 amide bonds. The summed E-state index contributed by atoms with van der Waals surface area (Å²) in [6.45, 7) is 14.0. The Bertz CT molecular complexity index is 1640. The molecular weight excluding hydrogens is 730 g/mol. The number of nitrogens with one attached hydrogen (secondary N) is 4. The average molecular weight is 785 g/mol. The zero-order valence-electron chi connectivity index (χ0n) is 32.0. The number of alkyl halides is 3. The molecule has 1 aromatic heterocycles. The van der Waals surface area contributed by atoms with Crippen molar-refractivity contribution in [3.8, 4) is 0 Å². The van der Waals surface area contributed by atoms with Gasteiger partial charge in [-0.3, -0.25) is 19.2 Å². The first-order chi connectivity index (χ1) is 24.9. The van der Waals surface area contributed by atoms with Crippen LogP contribution in [0.2, 0.25) is 0 Å². The second-order valence-corrected chi connectivity index (χ2v) is 18.4. The number of hydrogen-bond donors (Lipinski definition) is 4. The second-order valence-electron chi connectivity index (χ2n) is 16.5. The molecule has 2 heterocycles. The summed E-state index contributed by atoms with van der Waals surface area (Å²) in [6.07, 6.45) is -1.12. The highest BCUT2D eigenvalue weighted by Crippen LogP contribution is 2.40. The summed E-state index contributed by atoms with van der Waals surface area (Å²) in [4.78, 5) is 73.2. The molecule has 1 unspecified atom stereocenters. The summed E-state index contributed by atoms with van der Waals surface area (Å²) in [5, 5.41) is 10.1. The maximum Gasteiger partial charge on any atom is 0.389 e. The Kier molecular flexibility index (Phi) is 14.5. The third-order valence-electron chi connectivity index (χ3n) is 10.0. The summed E-state index contributed by atoms with van der Waals surface area (Å²) < 4.78 is 66.7. The summed E-state index contributed by atoms with van der Waals surface area (Å²) in [5.41, 5.74) is -2.69. The molecule has 1 aliphatic heterocycles. The van der Waals surface area contributed by atoms with Crippen LogP contribution in [-0.4, -0.2) is 96.5 Å². The molecule has 0 bridgehead atoms. The van der Waals surface area contributed by atoms with E-state index in [0.717, 1.165) is 6.42 Å². The zero-order chi connectivity index (χ0) is 40.7. The van der Waals surface area contributed by atoms with E-state index in [9.17, 15) is 45.6 Å². The number of sulfone groups is 1. The normalized spacial score (nSPS) is 20.3. The summed E-state index contributed by atoms with van der Waals surface area (Å²) in [6, 6.07) is -0.579. The summed E-state index contributed by atoms with van der Waals surface area (Å²) in [5.74, 6) is -4.95. The van der Waals surface area contributed by atoms with Gasteiger partial charge in [0.2, 0.25) is 17.6 Å². The maximum atomic E-state index is 14.5. The van der Waals surface area contributed by atoms with Crippen LogP contribution >= 0.6 is 0 Å². The molecule has 1 saturated heterocycles. The molecular formula is C37H55F3N6O7S. The molecule has 0 spiro atoms. The minimum atomic E-state index is -4.69. The molecule has 17 heteroatoms. The highest BCUT2D eigenvalue weighted by molar-refractivity contribution is 7.91. The van der Waals surface area contributed by atoms with Crippen LogP contribution < -0.4 is 21.3 Å². The predicted octanol–water partition coefficient (Wildman–Crippen LogP) is 4.23. The molecule has 1 aromatic rings. The SMILES string of the molecule is C=CCNC(=O)C(=O)C(CCC(F)(F)F)NC(=O)[C@@H]1[C@H](C(C)(C)C)CCN1C(=O)[C@@H](NC(=O)NC1(CS(=O)(=O)c2ccccn2)CCCCC1)C(C)(C)C. The third kappa shape index (κ3) is 12.0. The van der Waals surface area contributed by atoms with Gasteiger partial charge in [-0.1, -0.05) is 72.9 Å². The van der Waals surface area contributed by atoms with Gasteiger partial charge in [0, 0.05) is 25.7 Å². The minimum absolute atomic E-state index is 0.0575. The van der Waals surface area contributed by atoms with Gasteiger partial charge in [0.25, 0.3) is 5.91 Å². The van der Waals surface area contributed by atoms with E-state index in [1.165, 1.54) is 23.2 Å². The van der Waals surface area contributed by atoms with Crippen molar-refractivity contribution in [3.63, 3.8) is 0 Å². The number of pyridine rings is 1. The highest BCUT2D eigenvalue weighted by atomic mass is 32.2. The fourth-order valence-electron chi connectivity index (χ4n) is 7.24. The lowest BCUT2D eigenvalue weighted by Crippen LogP contribution is -2.63. The van der Waals surface area contributed by atoms with Gasteiger partial charge in [0.15, 0.2) is 14.9 Å². The lowest BCUT2D eigenvalue weighted by Gasteiger charge is -2.40. The lowest BCUT2D eigenvalue weighted by atomic mass is 9.75. The van der Waals surface area contributed by atoms with Crippen LogP contribution in [0.1, 0.15) is 92.9 Å². The molecule has 3 rings (SSSR count). The van der Waals surface area contributed by atoms with Gasteiger partial charge in [-0.25, -0.2) is 18.2 Å². The molecule has 0 radical (unpaired) electrons. The number of carbonyl (C=O) groups is 5. The van der Waals surface area contributed by atoms with E-state index in [1.54, 1.807) is 32.9 Å². The van der Waals surface area contributed by atoms with Crippen molar-refractivity contribution in [1.82, 2.24) is 31.2 Å². The van der Waals surface area contributed by atoms with Crippen LogP contribution in [0.4, 0.5) is 18.0 Å². The lowest BCUT2D eigenvalue weighted by molar-refractivity contribution is -0.148. The van der Waals surface area contributed by atoms with Gasteiger partial charge in [0.1, 0.15) is 12.1 Å². The molecule has 1 saturated carbocycles. The average Bonchev–Trinajstić information content (AvgIpc) is 3.53. The standard InChI is InChI=1S/C37H55F3N6O7S/c1-8-20-42-31(49)28(47)25(15-19-37(38,39)40)43-30(48)27-24(34(2,3)4)16-22-46(27)32(50)29(35(5,6)7)44-33(51)45-36(17-11-9-12-18-36)23-54(52,53)26-14-10-13-21-41-26/h8,10,13-14,21,24-25,27,29H,1,9,11-12,15-20,22-23H2,2-7H3,(H,42,49)(H,43,48)(H2,44,45,51)/t24-,25?,27+,29-/m1/s1. The first-order valence-corrected chi connectivity index (χ1v) is 19.9. The number of aromatic nitrogens is 1. The Hall–Kier alpha value is -4.02. The topological polar surface area (TPSA) is 184 Å². The first-order valence-electron chi connectivity index (χ1n) is 18.2. The fraction of sp³-hybridized carbons (Fsp3) is 0.676. The van der Waals surface area contributed by atoms with E-state index in [4.69, 9.17) is 0 Å². The zero-order valence-corrected chi connectivity index (χ0v) is 32.8. The van der Waals surface area contributed by atoms with Gasteiger partial charge in [-0.2, -0.15) is 13.2 Å². The molecule has 4 atom stereocenters. The van der Waals surface area contributed by atoms with Gasteiger partial charge in [-0.05, 0) is 54.6 Å². The van der Waals surface area contributed by atoms with Crippen molar-refractivity contribution in [2.24, 2.45) is 16.7 Å². The maximum absolute atomic E-state index is 14.5. The number of ketones is 1. The predicted molar refractivity (Wildman–Crippen MR) is 196 cm³/mol. The van der Waals surface area contributed by atoms with E-state index in [0.29, 0.717) is 32.1 Å². The Morgan fingerprint density at radius 1 is 1.02 bits per heavy atom. The van der Waals surface area contributed by atoms with Crippen LogP contribution in [0.5, 0.6) is 0 Å². The number of hydrogen-bond acceptors (Lipinski definition) is 8. The molecule has 13 nitrogen and oxygen atoms in total. The second kappa shape index (κ2) is 17.6. The van der Waals surface area contributed by atoms with Crippen molar-refractivity contribution in [2.45, 2.75) is 128 Å². The van der Waals surface area contributed by atoms with Gasteiger partial charge in [0.05, 0.1) is 17.3 Å². The monoisotopic (exact) mass is 784 g/mol. The number of carbonyl (C=O) groups excluding carboxylic acids is 5. The largest absolute Gasteiger partial charge is 0.389 e. The number of nitrogens with zero attached hydrogens (tertiary/aromatic N) is 2. The van der Waals surface area contributed by atoms with E-state index in [-0.39, 0.29) is 18.1 Å². The van der Waals surface area contributed by atoms with E-state index < -0.39 is 105 Å². The molecule has 1 aliphatic carbocycles. The van der Waals surface area contributed by atoms with E-state index in [1.807, 2.05) is 20.8 Å². The Morgan fingerprint density at radius 3 is 2.20 bits per heavy atom. The van der Waals surface area contributed by atoms with Crippen LogP contribution in [0.3, 0.4) is 0 Å².